The molecule has 1 N–H and O–H groups in total. The highest BCUT2D eigenvalue weighted by Gasteiger charge is 2.52. The first kappa shape index (κ1) is 15.5. The number of fused-ring (bicyclic) bond motifs is 2. The van der Waals surface area contributed by atoms with Crippen LogP contribution in [0, 0.1) is 6.92 Å². The first-order chi connectivity index (χ1) is 11.6. The average molecular weight is 330 g/mol. The Morgan fingerprint density at radius 3 is 3.08 bits per heavy atom. The molecule has 0 radical (unpaired) electrons. The molecule has 1 aliphatic carbocycles. The number of rotatable bonds is 2. The molecule has 2 fully saturated rings. The number of likely N-dealkylation sites (tertiary alicyclic amines) is 1. The van der Waals surface area contributed by atoms with Gasteiger partial charge in [-0.1, -0.05) is 0 Å². The molecule has 7 nitrogen and oxygen atoms in total. The highest BCUT2D eigenvalue weighted by Crippen LogP contribution is 2.43. The molecule has 7 heteroatoms. The van der Waals surface area contributed by atoms with E-state index in [1.807, 2.05) is 18.0 Å². The number of aliphatic hydroxyl groups is 1. The Labute approximate surface area is 140 Å². The van der Waals surface area contributed by atoms with Crippen molar-refractivity contribution in [1.29, 1.82) is 0 Å². The number of hydrogen-bond acceptors (Lipinski definition) is 5. The molecule has 24 heavy (non-hydrogen) atoms. The lowest BCUT2D eigenvalue weighted by atomic mass is 9.79. The van der Waals surface area contributed by atoms with E-state index < -0.39 is 0 Å². The second kappa shape index (κ2) is 5.53. The number of nitrogens with zero attached hydrogens (tertiary/aromatic N) is 4. The largest absolute Gasteiger partial charge is 0.393 e. The molecule has 0 aromatic carbocycles. The number of carbonyl (C=O) groups excluding carboxylic acids is 1. The van der Waals surface area contributed by atoms with Crippen LogP contribution in [0.25, 0.3) is 5.78 Å². The Morgan fingerprint density at radius 1 is 1.46 bits per heavy atom. The number of hydrogen-bond donors (Lipinski definition) is 1. The summed E-state index contributed by atoms with van der Waals surface area (Å²) in [6.07, 6.45) is 5.98. The number of amides is 1. The van der Waals surface area contributed by atoms with Crippen LogP contribution in [0.4, 0.5) is 0 Å². The molecule has 3 atom stereocenters. The number of methoxy groups -OCH3 is 1. The fourth-order valence-corrected chi connectivity index (χ4v) is 4.31. The molecule has 0 unspecified atom stereocenters. The van der Waals surface area contributed by atoms with Crippen molar-refractivity contribution in [2.45, 2.75) is 50.4 Å². The SMILES string of the molecule is CO[C@@]12CC[C@@H](O)C[C@@H]1N(C(=O)c1c(C)nc3ncccn13)CC2. The first-order valence-electron chi connectivity index (χ1n) is 8.39. The molecular formula is C17H22N4O3. The summed E-state index contributed by atoms with van der Waals surface area (Å²) in [7, 11) is 1.71. The van der Waals surface area contributed by atoms with Gasteiger partial charge in [-0.2, -0.15) is 0 Å². The maximum Gasteiger partial charge on any atom is 0.273 e. The van der Waals surface area contributed by atoms with Gasteiger partial charge in [0.25, 0.3) is 5.91 Å². The Balaban J connectivity index is 1.73. The lowest BCUT2D eigenvalue weighted by Crippen LogP contribution is -2.53. The molecule has 2 aromatic heterocycles. The van der Waals surface area contributed by atoms with Crippen LogP contribution in [0.5, 0.6) is 0 Å². The lowest BCUT2D eigenvalue weighted by molar-refractivity contribution is -0.0825. The summed E-state index contributed by atoms with van der Waals surface area (Å²) in [4.78, 5) is 23.7. The van der Waals surface area contributed by atoms with Crippen molar-refractivity contribution in [3.05, 3.63) is 29.8 Å². The summed E-state index contributed by atoms with van der Waals surface area (Å²) in [5.41, 5.74) is 0.886. The number of ether oxygens (including phenoxy) is 1. The molecule has 2 aliphatic rings. The maximum absolute atomic E-state index is 13.3. The summed E-state index contributed by atoms with van der Waals surface area (Å²) in [6, 6.07) is 1.69. The summed E-state index contributed by atoms with van der Waals surface area (Å²) in [5, 5.41) is 10.1. The predicted octanol–water partition coefficient (Wildman–Crippen LogP) is 1.18. The van der Waals surface area contributed by atoms with E-state index >= 15 is 0 Å². The molecule has 1 saturated heterocycles. The van der Waals surface area contributed by atoms with Crippen molar-refractivity contribution in [2.24, 2.45) is 0 Å². The third-order valence-corrected chi connectivity index (χ3v) is 5.60. The maximum atomic E-state index is 13.3. The molecule has 0 spiro atoms. The zero-order valence-electron chi connectivity index (χ0n) is 14.0. The monoisotopic (exact) mass is 330 g/mol. The van der Waals surface area contributed by atoms with Gasteiger partial charge in [-0.05, 0) is 38.7 Å². The van der Waals surface area contributed by atoms with Crippen LogP contribution >= 0.6 is 0 Å². The Morgan fingerprint density at radius 2 is 2.29 bits per heavy atom. The smallest absolute Gasteiger partial charge is 0.273 e. The molecule has 128 valence electrons. The summed E-state index contributed by atoms with van der Waals surface area (Å²) >= 11 is 0. The van der Waals surface area contributed by atoms with E-state index in [0.29, 0.717) is 30.1 Å². The molecular weight excluding hydrogens is 308 g/mol. The summed E-state index contributed by atoms with van der Waals surface area (Å²) in [5.74, 6) is 0.463. The van der Waals surface area contributed by atoms with E-state index in [1.54, 1.807) is 23.8 Å². The minimum absolute atomic E-state index is 0.0639. The van der Waals surface area contributed by atoms with Gasteiger partial charge in [-0.3, -0.25) is 9.20 Å². The number of carbonyl (C=O) groups is 1. The van der Waals surface area contributed by atoms with Crippen LogP contribution in [0.1, 0.15) is 41.9 Å². The average Bonchev–Trinajstić information content (AvgIpc) is 3.11. The normalized spacial score (nSPS) is 29.9. The number of aryl methyl sites for hydroxylation is 1. The van der Waals surface area contributed by atoms with Crippen LogP contribution in [0.15, 0.2) is 18.5 Å². The van der Waals surface area contributed by atoms with E-state index in [0.717, 1.165) is 19.3 Å². The van der Waals surface area contributed by atoms with Gasteiger partial charge in [-0.25, -0.2) is 9.97 Å². The van der Waals surface area contributed by atoms with Crippen molar-refractivity contribution < 1.29 is 14.6 Å². The fraction of sp³-hybridized carbons (Fsp3) is 0.588. The Hall–Kier alpha value is -1.99. The topological polar surface area (TPSA) is 80.0 Å². The van der Waals surface area contributed by atoms with Crippen molar-refractivity contribution in [2.75, 3.05) is 13.7 Å². The second-order valence-corrected chi connectivity index (χ2v) is 6.80. The quantitative estimate of drug-likeness (QED) is 0.894. The van der Waals surface area contributed by atoms with E-state index in [4.69, 9.17) is 4.74 Å². The van der Waals surface area contributed by atoms with E-state index in [9.17, 15) is 9.90 Å². The standard InChI is InChI=1S/C17H22N4O3/c1-11-14(21-8-3-7-18-16(21)19-11)15(23)20-9-6-17(24-2)5-4-12(22)10-13(17)20/h3,7-8,12-13,22H,4-6,9-10H2,1-2H3/t12-,13+,17-/m1/s1. The number of aromatic nitrogens is 3. The van der Waals surface area contributed by atoms with Crippen LogP contribution in [0.2, 0.25) is 0 Å². The molecule has 1 aliphatic heterocycles. The minimum Gasteiger partial charge on any atom is -0.393 e. The van der Waals surface area contributed by atoms with Crippen LogP contribution in [-0.4, -0.2) is 61.7 Å². The molecule has 2 aromatic rings. The second-order valence-electron chi connectivity index (χ2n) is 6.80. The summed E-state index contributed by atoms with van der Waals surface area (Å²) < 4.78 is 7.57. The van der Waals surface area contributed by atoms with Gasteiger partial charge in [-0.15, -0.1) is 0 Å². The minimum atomic E-state index is -0.378. The Bertz CT molecular complexity index is 789. The number of imidazole rings is 1. The molecule has 0 bridgehead atoms. The van der Waals surface area contributed by atoms with Gasteiger partial charge in [0.15, 0.2) is 0 Å². The fourth-order valence-electron chi connectivity index (χ4n) is 4.31. The van der Waals surface area contributed by atoms with Gasteiger partial charge in [0.1, 0.15) is 5.69 Å². The zero-order chi connectivity index (χ0) is 16.9. The molecule has 4 rings (SSSR count). The molecule has 3 heterocycles. The highest BCUT2D eigenvalue weighted by atomic mass is 16.5. The van der Waals surface area contributed by atoms with Crippen molar-refractivity contribution >= 4 is 11.7 Å². The van der Waals surface area contributed by atoms with E-state index in [2.05, 4.69) is 9.97 Å². The highest BCUT2D eigenvalue weighted by molar-refractivity contribution is 5.95. The third kappa shape index (κ3) is 2.15. The number of aliphatic hydroxyl groups excluding tert-OH is 1. The van der Waals surface area contributed by atoms with Gasteiger partial charge in [0.2, 0.25) is 5.78 Å². The van der Waals surface area contributed by atoms with E-state index in [-0.39, 0.29) is 23.7 Å². The zero-order valence-corrected chi connectivity index (χ0v) is 14.0. The van der Waals surface area contributed by atoms with Crippen LogP contribution in [0.3, 0.4) is 0 Å². The van der Waals surface area contributed by atoms with Gasteiger partial charge < -0.3 is 14.7 Å². The first-order valence-corrected chi connectivity index (χ1v) is 8.39. The predicted molar refractivity (Wildman–Crippen MR) is 86.8 cm³/mol. The van der Waals surface area contributed by atoms with Gasteiger partial charge >= 0.3 is 0 Å². The van der Waals surface area contributed by atoms with Crippen LogP contribution < -0.4 is 0 Å². The lowest BCUT2D eigenvalue weighted by Gasteiger charge is -2.42. The van der Waals surface area contributed by atoms with Crippen molar-refractivity contribution in [1.82, 2.24) is 19.3 Å². The molecule has 1 saturated carbocycles. The van der Waals surface area contributed by atoms with Crippen LogP contribution in [-0.2, 0) is 4.74 Å². The van der Waals surface area contributed by atoms with Crippen molar-refractivity contribution in [3.63, 3.8) is 0 Å². The van der Waals surface area contributed by atoms with E-state index in [1.165, 1.54) is 0 Å². The van der Waals surface area contributed by atoms with Crippen molar-refractivity contribution in [3.8, 4) is 0 Å². The van der Waals surface area contributed by atoms with Gasteiger partial charge in [0.05, 0.1) is 23.4 Å². The third-order valence-electron chi connectivity index (χ3n) is 5.60. The van der Waals surface area contributed by atoms with Gasteiger partial charge in [0, 0.05) is 26.0 Å². The Kier molecular flexibility index (Phi) is 3.58. The summed E-state index contributed by atoms with van der Waals surface area (Å²) in [6.45, 7) is 2.47. The molecule has 1 amide bonds.